The van der Waals surface area contributed by atoms with Crippen LogP contribution >= 0.6 is 0 Å². The topological polar surface area (TPSA) is 88.3 Å². The number of fused-ring (bicyclic) bond motifs is 1. The van der Waals surface area contributed by atoms with E-state index in [1.54, 1.807) is 18.3 Å². The quantitative estimate of drug-likeness (QED) is 0.465. The minimum Gasteiger partial charge on any atom is -0.396 e. The number of rotatable bonds is 7. The zero-order chi connectivity index (χ0) is 15.2. The van der Waals surface area contributed by atoms with Crippen molar-refractivity contribution in [3.63, 3.8) is 0 Å². The van der Waals surface area contributed by atoms with Crippen molar-refractivity contribution in [3.05, 3.63) is 40.7 Å². The maximum atomic E-state index is 11.0. The molecule has 0 saturated heterocycles. The highest BCUT2D eigenvalue weighted by atomic mass is 16.6. The lowest BCUT2D eigenvalue weighted by Crippen LogP contribution is -2.07. The molecule has 1 atom stereocenters. The van der Waals surface area contributed by atoms with Crippen LogP contribution in [-0.4, -0.2) is 28.2 Å². The van der Waals surface area contributed by atoms with Crippen LogP contribution in [-0.2, 0) is 0 Å². The molecule has 6 nitrogen and oxygen atoms in total. The fourth-order valence-corrected chi connectivity index (χ4v) is 2.25. The Hall–Kier alpha value is -2.21. The fraction of sp³-hybridized carbons (Fsp3) is 0.400. The Labute approximate surface area is 123 Å². The molecule has 0 amide bonds. The number of hydrogen-bond acceptors (Lipinski definition) is 5. The zero-order valence-electron chi connectivity index (χ0n) is 12.0. The average molecular weight is 289 g/mol. The molecule has 0 fully saturated rings. The number of aromatic nitrogens is 1. The van der Waals surface area contributed by atoms with Crippen LogP contribution in [0.3, 0.4) is 0 Å². The van der Waals surface area contributed by atoms with Crippen molar-refractivity contribution in [3.8, 4) is 0 Å². The average Bonchev–Trinajstić information content (AvgIpc) is 2.50. The molecule has 0 saturated carbocycles. The number of anilines is 1. The van der Waals surface area contributed by atoms with Crippen LogP contribution in [0.2, 0.25) is 0 Å². The molecule has 6 heteroatoms. The molecular formula is C15H19N3O3. The standard InChI is InChI=1S/C15H19N3O3/c1-11(10-19)3-2-7-17-14-4-5-15(18(20)21)13-9-16-8-6-12(13)14/h4-6,8-9,11,17,19H,2-3,7,10H2,1H3. The van der Waals surface area contributed by atoms with Gasteiger partial charge < -0.3 is 10.4 Å². The monoisotopic (exact) mass is 289 g/mol. The highest BCUT2D eigenvalue weighted by Gasteiger charge is 2.14. The Balaban J connectivity index is 2.14. The van der Waals surface area contributed by atoms with Gasteiger partial charge in [-0.15, -0.1) is 0 Å². The van der Waals surface area contributed by atoms with Gasteiger partial charge in [0, 0.05) is 42.7 Å². The van der Waals surface area contributed by atoms with Gasteiger partial charge in [0.15, 0.2) is 0 Å². The third-order valence-electron chi connectivity index (χ3n) is 3.49. The summed E-state index contributed by atoms with van der Waals surface area (Å²) in [7, 11) is 0. The number of nitro benzene ring substituents is 1. The van der Waals surface area contributed by atoms with E-state index in [9.17, 15) is 10.1 Å². The SMILES string of the molecule is CC(CO)CCCNc1ccc([N+](=O)[O-])c2cnccc12. The molecule has 21 heavy (non-hydrogen) atoms. The number of aliphatic hydroxyl groups excluding tert-OH is 1. The zero-order valence-corrected chi connectivity index (χ0v) is 12.0. The van der Waals surface area contributed by atoms with E-state index >= 15 is 0 Å². The molecule has 112 valence electrons. The molecule has 1 aromatic carbocycles. The molecule has 0 aliphatic rings. The van der Waals surface area contributed by atoms with Gasteiger partial charge in [-0.3, -0.25) is 15.1 Å². The molecule has 1 heterocycles. The third kappa shape index (κ3) is 3.66. The van der Waals surface area contributed by atoms with Gasteiger partial charge in [0.1, 0.15) is 0 Å². The Morgan fingerprint density at radius 3 is 2.90 bits per heavy atom. The lowest BCUT2D eigenvalue weighted by Gasteiger charge is -2.11. The number of pyridine rings is 1. The smallest absolute Gasteiger partial charge is 0.278 e. The lowest BCUT2D eigenvalue weighted by atomic mass is 10.1. The second-order valence-corrected chi connectivity index (χ2v) is 5.17. The maximum Gasteiger partial charge on any atom is 0.278 e. The number of aliphatic hydroxyl groups is 1. The summed E-state index contributed by atoms with van der Waals surface area (Å²) in [5.74, 6) is 0.296. The first-order valence-electron chi connectivity index (χ1n) is 6.99. The van der Waals surface area contributed by atoms with Gasteiger partial charge in [0.2, 0.25) is 0 Å². The van der Waals surface area contributed by atoms with Crippen molar-refractivity contribution in [2.45, 2.75) is 19.8 Å². The normalized spacial score (nSPS) is 12.3. The van der Waals surface area contributed by atoms with Gasteiger partial charge in [0.05, 0.1) is 10.3 Å². The number of hydrogen-bond donors (Lipinski definition) is 2. The van der Waals surface area contributed by atoms with Gasteiger partial charge in [-0.1, -0.05) is 6.92 Å². The largest absolute Gasteiger partial charge is 0.396 e. The van der Waals surface area contributed by atoms with Gasteiger partial charge in [0.25, 0.3) is 5.69 Å². The summed E-state index contributed by atoms with van der Waals surface area (Å²) >= 11 is 0. The van der Waals surface area contributed by atoms with Crippen LogP contribution in [0.15, 0.2) is 30.6 Å². The predicted molar refractivity (Wildman–Crippen MR) is 82.4 cm³/mol. The van der Waals surface area contributed by atoms with Crippen molar-refractivity contribution in [1.82, 2.24) is 4.98 Å². The molecule has 0 bridgehead atoms. The van der Waals surface area contributed by atoms with Crippen molar-refractivity contribution in [2.75, 3.05) is 18.5 Å². The number of nitrogens with zero attached hydrogens (tertiary/aromatic N) is 2. The van der Waals surface area contributed by atoms with Crippen LogP contribution in [0.5, 0.6) is 0 Å². The van der Waals surface area contributed by atoms with Crippen LogP contribution in [0, 0.1) is 16.0 Å². The molecule has 0 radical (unpaired) electrons. The van der Waals surface area contributed by atoms with E-state index in [0.29, 0.717) is 11.3 Å². The molecule has 1 unspecified atom stereocenters. The van der Waals surface area contributed by atoms with Crippen LogP contribution in [0.1, 0.15) is 19.8 Å². The summed E-state index contributed by atoms with van der Waals surface area (Å²) in [5, 5.41) is 24.7. The Morgan fingerprint density at radius 1 is 1.38 bits per heavy atom. The highest BCUT2D eigenvalue weighted by molar-refractivity contribution is 5.99. The third-order valence-corrected chi connectivity index (χ3v) is 3.49. The van der Waals surface area contributed by atoms with Crippen LogP contribution in [0.4, 0.5) is 11.4 Å². The summed E-state index contributed by atoms with van der Waals surface area (Å²) < 4.78 is 0. The lowest BCUT2D eigenvalue weighted by molar-refractivity contribution is -0.383. The summed E-state index contributed by atoms with van der Waals surface area (Å²) in [6, 6.07) is 5.01. The van der Waals surface area contributed by atoms with Gasteiger partial charge in [-0.2, -0.15) is 0 Å². The van der Waals surface area contributed by atoms with E-state index in [1.807, 2.05) is 6.92 Å². The summed E-state index contributed by atoms with van der Waals surface area (Å²) in [6.07, 6.45) is 5.03. The molecule has 0 aliphatic heterocycles. The molecule has 2 aromatic rings. The van der Waals surface area contributed by atoms with E-state index in [4.69, 9.17) is 5.11 Å². The van der Waals surface area contributed by atoms with Crippen LogP contribution < -0.4 is 5.32 Å². The van der Waals surface area contributed by atoms with Crippen molar-refractivity contribution in [1.29, 1.82) is 0 Å². The number of nitro groups is 1. The number of non-ortho nitro benzene ring substituents is 1. The van der Waals surface area contributed by atoms with Crippen molar-refractivity contribution in [2.24, 2.45) is 5.92 Å². The highest BCUT2D eigenvalue weighted by Crippen LogP contribution is 2.30. The Bertz CT molecular complexity index is 631. The van der Waals surface area contributed by atoms with Gasteiger partial charge in [-0.25, -0.2) is 0 Å². The van der Waals surface area contributed by atoms with E-state index in [0.717, 1.165) is 30.5 Å². The maximum absolute atomic E-state index is 11.0. The number of benzene rings is 1. The molecule has 0 aliphatic carbocycles. The van der Waals surface area contributed by atoms with E-state index < -0.39 is 4.92 Å². The molecule has 2 N–H and O–H groups in total. The molecule has 1 aromatic heterocycles. The first-order chi connectivity index (χ1) is 10.1. The van der Waals surface area contributed by atoms with Crippen LogP contribution in [0.25, 0.3) is 10.8 Å². The predicted octanol–water partition coefficient (Wildman–Crippen LogP) is 2.96. The van der Waals surface area contributed by atoms with Crippen molar-refractivity contribution >= 4 is 22.1 Å². The molecular weight excluding hydrogens is 270 g/mol. The first-order valence-corrected chi connectivity index (χ1v) is 6.99. The first kappa shape index (κ1) is 15.2. The van der Waals surface area contributed by atoms with Crippen molar-refractivity contribution < 1.29 is 10.0 Å². The second-order valence-electron chi connectivity index (χ2n) is 5.17. The van der Waals surface area contributed by atoms with E-state index in [-0.39, 0.29) is 12.3 Å². The summed E-state index contributed by atoms with van der Waals surface area (Å²) in [5.41, 5.74) is 0.937. The minimum absolute atomic E-state index is 0.0672. The molecule has 2 rings (SSSR count). The Morgan fingerprint density at radius 2 is 2.19 bits per heavy atom. The van der Waals surface area contributed by atoms with E-state index in [2.05, 4.69) is 10.3 Å². The summed E-state index contributed by atoms with van der Waals surface area (Å²) in [6.45, 7) is 2.97. The fourth-order valence-electron chi connectivity index (χ4n) is 2.25. The minimum atomic E-state index is -0.392. The second kappa shape index (κ2) is 6.99. The Kier molecular flexibility index (Phi) is 5.05. The summed E-state index contributed by atoms with van der Waals surface area (Å²) in [4.78, 5) is 14.6. The van der Waals surface area contributed by atoms with Gasteiger partial charge in [-0.05, 0) is 30.9 Å². The molecule has 0 spiro atoms. The van der Waals surface area contributed by atoms with E-state index in [1.165, 1.54) is 12.3 Å². The number of nitrogens with one attached hydrogen (secondary N) is 1. The van der Waals surface area contributed by atoms with Gasteiger partial charge >= 0.3 is 0 Å².